The molecule has 1 heterocycles. The number of fused-ring (bicyclic) bond motifs is 2. The average Bonchev–Trinajstić information content (AvgIpc) is 3.26. The Kier molecular flexibility index (Phi) is 15.1. The van der Waals surface area contributed by atoms with E-state index in [0.717, 1.165) is 43.1 Å². The summed E-state index contributed by atoms with van der Waals surface area (Å²) in [5.41, 5.74) is 3.56. The molecule has 0 radical (unpaired) electrons. The third-order valence-corrected chi connectivity index (χ3v) is 11.7. The summed E-state index contributed by atoms with van der Waals surface area (Å²) in [6.45, 7) is 6.62. The van der Waals surface area contributed by atoms with Crippen LogP contribution in [0.15, 0.2) is 102 Å². The van der Waals surface area contributed by atoms with Crippen molar-refractivity contribution in [3.63, 3.8) is 0 Å². The third kappa shape index (κ3) is 9.54. The van der Waals surface area contributed by atoms with E-state index in [2.05, 4.69) is 17.8 Å². The van der Waals surface area contributed by atoms with Crippen molar-refractivity contribution in [2.24, 2.45) is 22.9 Å². The molecule has 3 aromatic carbocycles. The minimum atomic E-state index is -1.43. The predicted molar refractivity (Wildman–Crippen MR) is 228 cm³/mol. The van der Waals surface area contributed by atoms with Crippen molar-refractivity contribution in [1.82, 2.24) is 4.90 Å². The maximum absolute atomic E-state index is 14.6. The first-order valence-corrected chi connectivity index (χ1v) is 20.8. The van der Waals surface area contributed by atoms with Crippen molar-refractivity contribution in [2.45, 2.75) is 76.0 Å². The van der Waals surface area contributed by atoms with Crippen molar-refractivity contribution in [3.8, 4) is 17.2 Å². The second-order valence-corrected chi connectivity index (χ2v) is 15.5. The maximum Gasteiger partial charge on any atom is 0.269 e. The second kappa shape index (κ2) is 20.6. The molecule has 0 unspecified atom stereocenters. The van der Waals surface area contributed by atoms with E-state index in [4.69, 9.17) is 19.0 Å². The van der Waals surface area contributed by atoms with Crippen LogP contribution >= 0.6 is 0 Å². The van der Waals surface area contributed by atoms with Gasteiger partial charge in [0, 0.05) is 61.4 Å². The molecule has 6 atom stereocenters. The summed E-state index contributed by atoms with van der Waals surface area (Å²) in [6, 6.07) is 17.9. The van der Waals surface area contributed by atoms with Gasteiger partial charge in [-0.1, -0.05) is 49.2 Å². The van der Waals surface area contributed by atoms with Crippen molar-refractivity contribution < 1.29 is 43.8 Å². The van der Waals surface area contributed by atoms with E-state index >= 15 is 0 Å². The Bertz CT molecular complexity index is 2080. The van der Waals surface area contributed by atoms with Crippen LogP contribution in [0.2, 0.25) is 0 Å². The normalized spacial score (nSPS) is 23.5. The number of aliphatic hydroxyl groups excluding tert-OH is 2. The number of non-ortho nitro benzene ring substituents is 1. The van der Waals surface area contributed by atoms with Crippen molar-refractivity contribution >= 4 is 29.7 Å². The van der Waals surface area contributed by atoms with Gasteiger partial charge in [0.25, 0.3) is 5.69 Å². The highest BCUT2D eigenvalue weighted by Crippen LogP contribution is 2.62. The summed E-state index contributed by atoms with van der Waals surface area (Å²) in [7, 11) is 1.51. The van der Waals surface area contributed by atoms with Crippen LogP contribution in [-0.4, -0.2) is 83.2 Å². The summed E-state index contributed by atoms with van der Waals surface area (Å²) < 4.78 is 20.6. The third-order valence-electron chi connectivity index (χ3n) is 11.7. The molecule has 3 aliphatic rings. The SMILES string of the molecule is C=CCO[C@@]12Oc3ccc(Oc4cccc(C=O)c4)cc3[C@H]3[C@H](CCCCO)[C@@H](CCCCO)C=C(C(=NOC)C[C@@H]1N(CCC)C(=O)C=Cc1ccc([N+](=O)[O-])cc1)[C@H]32. The molecular formula is C47H55N3O10. The molecule has 6 rings (SSSR count). The van der Waals surface area contributed by atoms with Gasteiger partial charge in [-0.25, -0.2) is 0 Å². The number of aliphatic hydroxyl groups is 2. The number of nitrogens with zero attached hydrogens (tertiary/aromatic N) is 3. The molecule has 13 heteroatoms. The van der Waals surface area contributed by atoms with Gasteiger partial charge in [-0.3, -0.25) is 19.7 Å². The lowest BCUT2D eigenvalue weighted by atomic mass is 9.55. The Balaban J connectivity index is 1.54. The molecule has 0 spiro atoms. The lowest BCUT2D eigenvalue weighted by Gasteiger charge is -2.60. The summed E-state index contributed by atoms with van der Waals surface area (Å²) in [4.78, 5) is 44.3. The summed E-state index contributed by atoms with van der Waals surface area (Å²) in [5, 5.41) is 35.6. The van der Waals surface area contributed by atoms with Gasteiger partial charge in [-0.2, -0.15) is 0 Å². The standard InChI is InChI=1S/C47H55N3O10/c1-4-23-49(44(54)22-17-32-15-18-35(19-16-32)50(55)56)43-30-41(48-57-3)39-28-34(12-6-8-24-51)38(14-7-9-25-52)45-40-29-37(59-36-13-10-11-33(27-36)31-53)20-21-42(40)60-47(43,46(39)45)58-26-5-2/h5,10-11,13,15-22,27-29,31,34,38,43,45-46,51-52H,2,4,6-9,12,14,23-26,30H2,1,3H3/t34-,38+,43-,45+,46+,47+/m0/s1. The van der Waals surface area contributed by atoms with E-state index in [-0.39, 0.29) is 55.6 Å². The zero-order valence-corrected chi connectivity index (χ0v) is 34.3. The molecule has 1 aliphatic heterocycles. The Morgan fingerprint density at radius 1 is 1.03 bits per heavy atom. The van der Waals surface area contributed by atoms with E-state index in [0.29, 0.717) is 59.9 Å². The number of amides is 1. The Labute approximate surface area is 351 Å². The number of allylic oxidation sites excluding steroid dienone is 1. The van der Waals surface area contributed by atoms with Gasteiger partial charge in [-0.15, -0.1) is 6.58 Å². The fourth-order valence-electron chi connectivity index (χ4n) is 9.24. The summed E-state index contributed by atoms with van der Waals surface area (Å²) in [5.74, 6) is -0.748. The second-order valence-electron chi connectivity index (χ2n) is 15.5. The van der Waals surface area contributed by atoms with Crippen LogP contribution in [-0.2, 0) is 14.4 Å². The van der Waals surface area contributed by atoms with Crippen molar-refractivity contribution in [2.75, 3.05) is 33.5 Å². The number of benzene rings is 3. The number of hydrogen-bond donors (Lipinski definition) is 2. The molecule has 2 aliphatic carbocycles. The van der Waals surface area contributed by atoms with E-state index < -0.39 is 22.7 Å². The largest absolute Gasteiger partial charge is 0.459 e. The van der Waals surface area contributed by atoms with Crippen LogP contribution in [0.1, 0.15) is 85.7 Å². The zero-order chi connectivity index (χ0) is 42.6. The highest BCUT2D eigenvalue weighted by Gasteiger charge is 2.65. The van der Waals surface area contributed by atoms with Crippen molar-refractivity contribution in [1.29, 1.82) is 0 Å². The number of nitro benzene ring substituents is 1. The number of carbonyl (C=O) groups excluding carboxylic acids is 2. The number of hydrogen-bond acceptors (Lipinski definition) is 11. The molecule has 1 amide bonds. The number of aldehydes is 1. The van der Waals surface area contributed by atoms with Gasteiger partial charge in [0.2, 0.25) is 11.7 Å². The van der Waals surface area contributed by atoms with Gasteiger partial charge >= 0.3 is 0 Å². The number of unbranched alkanes of at least 4 members (excludes halogenated alkanes) is 2. The first-order valence-electron chi connectivity index (χ1n) is 20.8. The number of ether oxygens (including phenoxy) is 3. The first-order chi connectivity index (χ1) is 29.2. The Morgan fingerprint density at radius 2 is 1.78 bits per heavy atom. The van der Waals surface area contributed by atoms with Gasteiger partial charge in [-0.05, 0) is 104 Å². The lowest BCUT2D eigenvalue weighted by molar-refractivity contribution is -0.384. The fourth-order valence-corrected chi connectivity index (χ4v) is 9.24. The molecule has 0 aromatic heterocycles. The Hall–Kier alpha value is -5.63. The van der Waals surface area contributed by atoms with Gasteiger partial charge in [0.15, 0.2) is 0 Å². The van der Waals surface area contributed by atoms with E-state index in [9.17, 15) is 29.9 Å². The Morgan fingerprint density at radius 3 is 2.47 bits per heavy atom. The number of nitro groups is 1. The fraction of sp³-hybridized carbons (Fsp3) is 0.426. The quantitative estimate of drug-likeness (QED) is 0.0266. The summed E-state index contributed by atoms with van der Waals surface area (Å²) >= 11 is 0. The smallest absolute Gasteiger partial charge is 0.269 e. The molecule has 0 bridgehead atoms. The summed E-state index contributed by atoms with van der Waals surface area (Å²) in [6.07, 6.45) is 13.2. The van der Waals surface area contributed by atoms with Crippen LogP contribution in [0.5, 0.6) is 17.2 Å². The van der Waals surface area contributed by atoms with Crippen molar-refractivity contribution in [3.05, 3.63) is 124 Å². The first kappa shape index (κ1) is 43.9. The van der Waals surface area contributed by atoms with E-state index in [1.54, 1.807) is 53.5 Å². The highest BCUT2D eigenvalue weighted by molar-refractivity contribution is 6.03. The minimum absolute atomic E-state index is 0.0203. The minimum Gasteiger partial charge on any atom is -0.459 e. The molecule has 1 saturated carbocycles. The zero-order valence-electron chi connectivity index (χ0n) is 34.3. The number of rotatable bonds is 21. The molecular weight excluding hydrogens is 767 g/mol. The van der Waals surface area contributed by atoms with E-state index in [1.807, 2.05) is 25.1 Å². The maximum atomic E-state index is 14.6. The monoisotopic (exact) mass is 821 g/mol. The molecule has 0 saturated heterocycles. The molecule has 2 N–H and O–H groups in total. The van der Waals surface area contributed by atoms with Gasteiger partial charge < -0.3 is 34.2 Å². The number of oxime groups is 1. The predicted octanol–water partition coefficient (Wildman–Crippen LogP) is 8.42. The van der Waals surface area contributed by atoms with Crippen LogP contribution in [0.3, 0.4) is 0 Å². The molecule has 318 valence electrons. The van der Waals surface area contributed by atoms with Crippen LogP contribution < -0.4 is 9.47 Å². The van der Waals surface area contributed by atoms with Crippen LogP contribution in [0.4, 0.5) is 5.69 Å². The number of carbonyl (C=O) groups is 2. The highest BCUT2D eigenvalue weighted by atomic mass is 16.7. The molecule has 1 fully saturated rings. The average molecular weight is 822 g/mol. The molecule has 13 nitrogen and oxygen atoms in total. The topological polar surface area (TPSA) is 170 Å². The lowest BCUT2D eigenvalue weighted by Crippen LogP contribution is -2.70. The van der Waals surface area contributed by atoms with Crippen LogP contribution in [0.25, 0.3) is 6.08 Å². The molecule has 60 heavy (non-hydrogen) atoms. The molecule has 3 aromatic rings. The van der Waals surface area contributed by atoms with E-state index in [1.165, 1.54) is 25.3 Å². The van der Waals surface area contributed by atoms with Crippen LogP contribution in [0, 0.1) is 27.9 Å². The van der Waals surface area contributed by atoms with Gasteiger partial charge in [0.1, 0.15) is 36.7 Å². The van der Waals surface area contributed by atoms with Gasteiger partial charge in [0.05, 0.1) is 23.2 Å².